The number of hydrogen-bond acceptors (Lipinski definition) is 1. The highest BCUT2D eigenvalue weighted by molar-refractivity contribution is 5.31. The summed E-state index contributed by atoms with van der Waals surface area (Å²) in [5.74, 6) is 0. The van der Waals surface area contributed by atoms with E-state index in [1.54, 1.807) is 0 Å². The van der Waals surface area contributed by atoms with E-state index >= 15 is 0 Å². The van der Waals surface area contributed by atoms with Gasteiger partial charge in [-0.1, -0.05) is 49.1 Å². The molecule has 16 heavy (non-hydrogen) atoms. The van der Waals surface area contributed by atoms with Gasteiger partial charge in [-0.15, -0.1) is 0 Å². The molecule has 2 rings (SSSR count). The van der Waals surface area contributed by atoms with Gasteiger partial charge in [0, 0.05) is 6.04 Å². The Bertz CT molecular complexity index is 355. The van der Waals surface area contributed by atoms with Gasteiger partial charge >= 0.3 is 0 Å². The summed E-state index contributed by atoms with van der Waals surface area (Å²) in [6.07, 6.45) is 5.24. The highest BCUT2D eigenvalue weighted by Crippen LogP contribution is 2.46. The van der Waals surface area contributed by atoms with E-state index in [0.29, 0.717) is 5.41 Å². The van der Waals surface area contributed by atoms with E-state index in [1.807, 2.05) is 0 Å². The number of aryl methyl sites for hydroxylation is 2. The van der Waals surface area contributed by atoms with E-state index < -0.39 is 0 Å². The summed E-state index contributed by atoms with van der Waals surface area (Å²) < 4.78 is 0. The van der Waals surface area contributed by atoms with Crippen LogP contribution in [-0.4, -0.2) is 0 Å². The molecule has 1 fully saturated rings. The molecule has 1 heteroatoms. The van der Waals surface area contributed by atoms with E-state index in [9.17, 15) is 0 Å². The zero-order valence-corrected chi connectivity index (χ0v) is 10.7. The summed E-state index contributed by atoms with van der Waals surface area (Å²) in [6.45, 7) is 6.66. The average molecular weight is 217 g/mol. The second kappa shape index (κ2) is 4.21. The maximum Gasteiger partial charge on any atom is 0.0349 e. The molecule has 1 unspecified atom stereocenters. The summed E-state index contributed by atoms with van der Waals surface area (Å²) in [5.41, 5.74) is 10.8. The molecule has 0 spiro atoms. The van der Waals surface area contributed by atoms with Crippen LogP contribution < -0.4 is 5.73 Å². The predicted octanol–water partition coefficient (Wildman–Crippen LogP) is 3.88. The van der Waals surface area contributed by atoms with Gasteiger partial charge in [0.2, 0.25) is 0 Å². The Labute approximate surface area is 99.0 Å². The Kier molecular flexibility index (Phi) is 3.07. The van der Waals surface area contributed by atoms with Crippen molar-refractivity contribution in [3.8, 4) is 0 Å². The zero-order valence-electron chi connectivity index (χ0n) is 10.7. The fraction of sp³-hybridized carbons (Fsp3) is 0.600. The van der Waals surface area contributed by atoms with E-state index in [2.05, 4.69) is 39.0 Å². The molecular weight excluding hydrogens is 194 g/mol. The van der Waals surface area contributed by atoms with Crippen LogP contribution in [0.4, 0.5) is 0 Å². The first-order chi connectivity index (χ1) is 7.51. The molecule has 0 heterocycles. The van der Waals surface area contributed by atoms with Gasteiger partial charge in [-0.05, 0) is 37.7 Å². The van der Waals surface area contributed by atoms with Crippen LogP contribution in [0, 0.1) is 19.3 Å². The molecule has 0 amide bonds. The topological polar surface area (TPSA) is 26.0 Å². The van der Waals surface area contributed by atoms with Crippen molar-refractivity contribution in [2.45, 2.75) is 52.5 Å². The molecule has 0 saturated heterocycles. The van der Waals surface area contributed by atoms with Gasteiger partial charge < -0.3 is 5.73 Å². The lowest BCUT2D eigenvalue weighted by atomic mass is 9.77. The molecule has 2 N–H and O–H groups in total. The monoisotopic (exact) mass is 217 g/mol. The first kappa shape index (κ1) is 11.7. The predicted molar refractivity (Wildman–Crippen MR) is 69.4 cm³/mol. The summed E-state index contributed by atoms with van der Waals surface area (Å²) in [4.78, 5) is 0. The van der Waals surface area contributed by atoms with Crippen molar-refractivity contribution in [2.24, 2.45) is 11.1 Å². The molecule has 0 radical (unpaired) electrons. The van der Waals surface area contributed by atoms with Gasteiger partial charge in [0.05, 0.1) is 0 Å². The van der Waals surface area contributed by atoms with Gasteiger partial charge in [0.15, 0.2) is 0 Å². The molecule has 1 aliphatic carbocycles. The Hall–Kier alpha value is -0.820. The molecule has 1 nitrogen and oxygen atoms in total. The number of rotatable bonds is 2. The van der Waals surface area contributed by atoms with Crippen molar-refractivity contribution in [3.63, 3.8) is 0 Å². The van der Waals surface area contributed by atoms with Crippen LogP contribution in [0.5, 0.6) is 0 Å². The van der Waals surface area contributed by atoms with Crippen molar-refractivity contribution in [1.82, 2.24) is 0 Å². The van der Waals surface area contributed by atoms with Crippen LogP contribution >= 0.6 is 0 Å². The highest BCUT2D eigenvalue weighted by atomic mass is 14.7. The molecule has 0 bridgehead atoms. The van der Waals surface area contributed by atoms with Crippen molar-refractivity contribution < 1.29 is 0 Å². The largest absolute Gasteiger partial charge is 0.323 e. The van der Waals surface area contributed by atoms with Gasteiger partial charge in [-0.2, -0.15) is 0 Å². The highest BCUT2D eigenvalue weighted by Gasteiger charge is 2.35. The van der Waals surface area contributed by atoms with Crippen LogP contribution in [0.3, 0.4) is 0 Å². The summed E-state index contributed by atoms with van der Waals surface area (Å²) in [6, 6.07) is 6.92. The quantitative estimate of drug-likeness (QED) is 0.799. The normalized spacial score (nSPS) is 21.0. The minimum atomic E-state index is 0.202. The van der Waals surface area contributed by atoms with E-state index in [-0.39, 0.29) is 6.04 Å². The zero-order chi connectivity index (χ0) is 11.8. The lowest BCUT2D eigenvalue weighted by molar-refractivity contribution is 0.265. The molecular formula is C15H23N. The Morgan fingerprint density at radius 1 is 1.06 bits per heavy atom. The molecule has 1 saturated carbocycles. The van der Waals surface area contributed by atoms with Crippen LogP contribution in [0.15, 0.2) is 18.2 Å². The molecule has 1 aliphatic rings. The minimum absolute atomic E-state index is 0.202. The molecule has 1 aromatic carbocycles. The third kappa shape index (κ3) is 2.15. The van der Waals surface area contributed by atoms with E-state index in [1.165, 1.54) is 42.4 Å². The Balaban J connectivity index is 2.29. The third-order valence-electron chi connectivity index (χ3n) is 4.10. The summed E-state index contributed by atoms with van der Waals surface area (Å²) in [7, 11) is 0. The standard InChI is InChI=1S/C15H23N/c1-11-8-12(2)10-13(9-11)14(16)15(3)6-4-5-7-15/h8-10,14H,4-7,16H2,1-3H3. The SMILES string of the molecule is Cc1cc(C)cc(C(N)C2(C)CCCC2)c1. The smallest absolute Gasteiger partial charge is 0.0349 e. The van der Waals surface area contributed by atoms with Crippen molar-refractivity contribution in [3.05, 3.63) is 34.9 Å². The van der Waals surface area contributed by atoms with Crippen LogP contribution in [0.25, 0.3) is 0 Å². The minimum Gasteiger partial charge on any atom is -0.323 e. The number of nitrogens with two attached hydrogens (primary N) is 1. The molecule has 0 aromatic heterocycles. The van der Waals surface area contributed by atoms with E-state index in [0.717, 1.165) is 0 Å². The van der Waals surface area contributed by atoms with Gasteiger partial charge in [0.1, 0.15) is 0 Å². The molecule has 1 aromatic rings. The third-order valence-corrected chi connectivity index (χ3v) is 4.10. The molecule has 1 atom stereocenters. The fourth-order valence-electron chi connectivity index (χ4n) is 3.09. The summed E-state index contributed by atoms with van der Waals surface area (Å²) in [5, 5.41) is 0. The van der Waals surface area contributed by atoms with Crippen molar-refractivity contribution >= 4 is 0 Å². The first-order valence-electron chi connectivity index (χ1n) is 6.35. The Morgan fingerprint density at radius 2 is 1.56 bits per heavy atom. The second-order valence-corrected chi connectivity index (χ2v) is 5.76. The Morgan fingerprint density at radius 3 is 2.06 bits per heavy atom. The molecule has 88 valence electrons. The van der Waals surface area contributed by atoms with Crippen molar-refractivity contribution in [1.29, 1.82) is 0 Å². The maximum atomic E-state index is 6.47. The van der Waals surface area contributed by atoms with Crippen LogP contribution in [0.2, 0.25) is 0 Å². The second-order valence-electron chi connectivity index (χ2n) is 5.76. The number of benzene rings is 1. The van der Waals surface area contributed by atoms with Gasteiger partial charge in [-0.25, -0.2) is 0 Å². The lowest BCUT2D eigenvalue weighted by Crippen LogP contribution is -2.29. The molecule has 0 aliphatic heterocycles. The summed E-state index contributed by atoms with van der Waals surface area (Å²) >= 11 is 0. The van der Waals surface area contributed by atoms with Crippen molar-refractivity contribution in [2.75, 3.05) is 0 Å². The van der Waals surface area contributed by atoms with E-state index in [4.69, 9.17) is 5.73 Å². The van der Waals surface area contributed by atoms with Gasteiger partial charge in [-0.3, -0.25) is 0 Å². The first-order valence-corrected chi connectivity index (χ1v) is 6.35. The average Bonchev–Trinajstić information content (AvgIpc) is 2.64. The lowest BCUT2D eigenvalue weighted by Gasteiger charge is -2.31. The van der Waals surface area contributed by atoms with Crippen LogP contribution in [0.1, 0.15) is 55.3 Å². The van der Waals surface area contributed by atoms with Gasteiger partial charge in [0.25, 0.3) is 0 Å². The maximum absolute atomic E-state index is 6.47. The number of hydrogen-bond donors (Lipinski definition) is 1. The van der Waals surface area contributed by atoms with Crippen LogP contribution in [-0.2, 0) is 0 Å². The fourth-order valence-corrected chi connectivity index (χ4v) is 3.09.